The van der Waals surface area contributed by atoms with Crippen LogP contribution in [0, 0.1) is 0 Å². The van der Waals surface area contributed by atoms with Crippen molar-refractivity contribution in [1.29, 1.82) is 0 Å². The number of benzene rings is 3. The van der Waals surface area contributed by atoms with Crippen molar-refractivity contribution in [2.75, 3.05) is 18.2 Å². The van der Waals surface area contributed by atoms with Crippen LogP contribution in [0.2, 0.25) is 0 Å². The molecule has 0 spiro atoms. The van der Waals surface area contributed by atoms with Crippen molar-refractivity contribution in [2.24, 2.45) is 0 Å². The Labute approximate surface area is 192 Å². The molecule has 3 aromatic carbocycles. The maximum absolute atomic E-state index is 12.7. The number of fused-ring (bicyclic) bond motifs is 1. The molecule has 1 atom stereocenters. The highest BCUT2D eigenvalue weighted by atomic mass is 32.1. The Bertz CT molecular complexity index is 1220. The van der Waals surface area contributed by atoms with Crippen LogP contribution in [0.1, 0.15) is 40.2 Å². The number of nitrogens with two attached hydrogens (primary N) is 1. The molecule has 1 amide bonds. The van der Waals surface area contributed by atoms with Crippen molar-refractivity contribution in [3.63, 3.8) is 0 Å². The summed E-state index contributed by atoms with van der Waals surface area (Å²) in [7, 11) is 1.67. The minimum absolute atomic E-state index is 0.143. The van der Waals surface area contributed by atoms with Gasteiger partial charge in [-0.05, 0) is 59.3 Å². The molecule has 6 heteroatoms. The van der Waals surface area contributed by atoms with E-state index in [9.17, 15) is 4.79 Å². The average molecular weight is 446 g/mol. The van der Waals surface area contributed by atoms with Gasteiger partial charge in [-0.2, -0.15) is 0 Å². The van der Waals surface area contributed by atoms with Gasteiger partial charge in [-0.25, -0.2) is 0 Å². The molecule has 0 bridgehead atoms. The van der Waals surface area contributed by atoms with E-state index in [4.69, 9.17) is 10.5 Å². The van der Waals surface area contributed by atoms with Gasteiger partial charge in [-0.3, -0.25) is 4.79 Å². The van der Waals surface area contributed by atoms with E-state index in [1.165, 1.54) is 22.5 Å². The number of methoxy groups -OCH3 is 1. The first-order valence-corrected chi connectivity index (χ1v) is 11.4. The van der Waals surface area contributed by atoms with Crippen LogP contribution in [-0.4, -0.2) is 13.0 Å². The van der Waals surface area contributed by atoms with Gasteiger partial charge in [0.1, 0.15) is 5.75 Å². The first-order chi connectivity index (χ1) is 15.6. The van der Waals surface area contributed by atoms with Crippen molar-refractivity contribution in [1.82, 2.24) is 5.32 Å². The molecule has 4 aromatic rings. The van der Waals surface area contributed by atoms with Crippen LogP contribution in [-0.2, 0) is 6.54 Å². The monoisotopic (exact) mass is 445 g/mol. The molecule has 0 aliphatic heterocycles. The molecule has 0 aliphatic rings. The van der Waals surface area contributed by atoms with Crippen molar-refractivity contribution < 1.29 is 9.53 Å². The smallest absolute Gasteiger partial charge is 0.265 e. The van der Waals surface area contributed by atoms with Gasteiger partial charge in [-0.15, -0.1) is 11.3 Å². The van der Waals surface area contributed by atoms with E-state index in [1.807, 2.05) is 30.3 Å². The fraction of sp³-hybridized carbons (Fsp3) is 0.192. The standard InChI is InChI=1S/C26H27N3O2S/c1-3-22(28-16-17-8-12-20(31-2)13-9-17)18-10-11-19-15-25(32-24(19)14-18)26(30)29-23-7-5-4-6-21(23)27/h4-15,22,28H,3,16,27H2,1-2H3,(H,29,30). The molecule has 0 radical (unpaired) electrons. The third-order valence-corrected chi connectivity index (χ3v) is 6.60. The average Bonchev–Trinajstić information content (AvgIpc) is 3.25. The highest BCUT2D eigenvalue weighted by Gasteiger charge is 2.14. The summed E-state index contributed by atoms with van der Waals surface area (Å²) in [5.41, 5.74) is 9.56. The number of nitrogen functional groups attached to an aromatic ring is 1. The summed E-state index contributed by atoms with van der Waals surface area (Å²) >= 11 is 1.50. The molecule has 4 N–H and O–H groups in total. The van der Waals surface area contributed by atoms with Gasteiger partial charge < -0.3 is 21.1 Å². The molecule has 1 heterocycles. The van der Waals surface area contributed by atoms with Crippen LogP contribution in [0.4, 0.5) is 11.4 Å². The quantitative estimate of drug-likeness (QED) is 0.291. The second kappa shape index (κ2) is 9.85. The molecule has 32 heavy (non-hydrogen) atoms. The molecule has 164 valence electrons. The summed E-state index contributed by atoms with van der Waals surface area (Å²) in [6, 6.07) is 24.0. The molecular formula is C26H27N3O2S. The van der Waals surface area contributed by atoms with E-state index >= 15 is 0 Å². The maximum Gasteiger partial charge on any atom is 0.265 e. The molecule has 1 unspecified atom stereocenters. The van der Waals surface area contributed by atoms with Crippen LogP contribution in [0.3, 0.4) is 0 Å². The number of nitrogens with one attached hydrogen (secondary N) is 2. The Morgan fingerprint density at radius 1 is 1.06 bits per heavy atom. The zero-order valence-electron chi connectivity index (χ0n) is 18.2. The summed E-state index contributed by atoms with van der Waals surface area (Å²) < 4.78 is 6.33. The van der Waals surface area contributed by atoms with Gasteiger partial charge in [-0.1, -0.05) is 43.3 Å². The Hall–Kier alpha value is -3.35. The van der Waals surface area contributed by atoms with Gasteiger partial charge in [0.15, 0.2) is 0 Å². The van der Waals surface area contributed by atoms with E-state index in [2.05, 4.69) is 47.9 Å². The second-order valence-corrected chi connectivity index (χ2v) is 8.72. The van der Waals surface area contributed by atoms with Crippen molar-refractivity contribution in [3.05, 3.63) is 88.8 Å². The Kier molecular flexibility index (Phi) is 6.73. The number of ether oxygens (including phenoxy) is 1. The summed E-state index contributed by atoms with van der Waals surface area (Å²) in [5.74, 6) is 0.717. The lowest BCUT2D eigenvalue weighted by Gasteiger charge is -2.18. The van der Waals surface area contributed by atoms with Crippen LogP contribution in [0.15, 0.2) is 72.8 Å². The van der Waals surface area contributed by atoms with Gasteiger partial charge in [0, 0.05) is 17.3 Å². The topological polar surface area (TPSA) is 76.4 Å². The van der Waals surface area contributed by atoms with Crippen LogP contribution >= 0.6 is 11.3 Å². The minimum atomic E-state index is -0.143. The summed E-state index contributed by atoms with van der Waals surface area (Å²) in [4.78, 5) is 13.4. The molecule has 0 saturated heterocycles. The zero-order valence-corrected chi connectivity index (χ0v) is 19.0. The van der Waals surface area contributed by atoms with Crippen LogP contribution < -0.4 is 21.1 Å². The van der Waals surface area contributed by atoms with Crippen molar-refractivity contribution >= 4 is 38.7 Å². The molecule has 0 saturated carbocycles. The molecule has 0 fully saturated rings. The lowest BCUT2D eigenvalue weighted by atomic mass is 10.0. The summed E-state index contributed by atoms with van der Waals surface area (Å²) in [5, 5.41) is 7.62. The van der Waals surface area contributed by atoms with E-state index in [0.29, 0.717) is 16.3 Å². The Morgan fingerprint density at radius 2 is 1.84 bits per heavy atom. The first-order valence-electron chi connectivity index (χ1n) is 10.6. The Morgan fingerprint density at radius 3 is 2.56 bits per heavy atom. The minimum Gasteiger partial charge on any atom is -0.497 e. The number of hydrogen-bond acceptors (Lipinski definition) is 5. The number of thiophene rings is 1. The number of amides is 1. The van der Waals surface area contributed by atoms with Crippen molar-refractivity contribution in [3.8, 4) is 5.75 Å². The SMILES string of the molecule is CCC(NCc1ccc(OC)cc1)c1ccc2cc(C(=O)Nc3ccccc3N)sc2c1. The number of anilines is 2. The van der Waals surface area contributed by atoms with Crippen LogP contribution in [0.5, 0.6) is 5.75 Å². The first kappa shape index (κ1) is 21.9. The fourth-order valence-electron chi connectivity index (χ4n) is 3.65. The number of carbonyl (C=O) groups is 1. The molecule has 4 rings (SSSR count). The third kappa shape index (κ3) is 4.93. The maximum atomic E-state index is 12.7. The molecular weight excluding hydrogens is 418 g/mol. The normalized spacial score (nSPS) is 11.9. The highest BCUT2D eigenvalue weighted by Crippen LogP contribution is 2.30. The van der Waals surface area contributed by atoms with Gasteiger partial charge in [0.25, 0.3) is 5.91 Å². The predicted molar refractivity (Wildman–Crippen MR) is 133 cm³/mol. The number of hydrogen-bond donors (Lipinski definition) is 3. The summed E-state index contributed by atoms with van der Waals surface area (Å²) in [6.07, 6.45) is 0.966. The molecule has 5 nitrogen and oxygen atoms in total. The third-order valence-electron chi connectivity index (χ3n) is 5.50. The molecule has 0 aliphatic carbocycles. The number of rotatable bonds is 8. The largest absolute Gasteiger partial charge is 0.497 e. The number of carbonyl (C=O) groups excluding carboxylic acids is 1. The lowest BCUT2D eigenvalue weighted by molar-refractivity contribution is 0.103. The van der Waals surface area contributed by atoms with Crippen LogP contribution in [0.25, 0.3) is 10.1 Å². The van der Waals surface area contributed by atoms with Gasteiger partial charge >= 0.3 is 0 Å². The summed E-state index contributed by atoms with van der Waals surface area (Å²) in [6.45, 7) is 2.95. The Balaban J connectivity index is 1.48. The zero-order chi connectivity index (χ0) is 22.5. The van der Waals surface area contributed by atoms with Crippen molar-refractivity contribution in [2.45, 2.75) is 25.9 Å². The number of para-hydroxylation sites is 2. The second-order valence-electron chi connectivity index (χ2n) is 7.64. The van der Waals surface area contributed by atoms with E-state index < -0.39 is 0 Å². The van der Waals surface area contributed by atoms with Gasteiger partial charge in [0.2, 0.25) is 0 Å². The van der Waals surface area contributed by atoms with E-state index in [1.54, 1.807) is 19.2 Å². The van der Waals surface area contributed by atoms with Gasteiger partial charge in [0.05, 0.1) is 23.4 Å². The predicted octanol–water partition coefficient (Wildman–Crippen LogP) is 5.99. The fourth-order valence-corrected chi connectivity index (χ4v) is 4.66. The highest BCUT2D eigenvalue weighted by molar-refractivity contribution is 7.20. The van der Waals surface area contributed by atoms with E-state index in [0.717, 1.165) is 28.8 Å². The van der Waals surface area contributed by atoms with E-state index in [-0.39, 0.29) is 11.9 Å². The lowest BCUT2D eigenvalue weighted by Crippen LogP contribution is -2.20. The molecule has 1 aromatic heterocycles.